The Morgan fingerprint density at radius 3 is 2.56 bits per heavy atom. The monoisotopic (exact) mass is 485 g/mol. The number of carbonyl (C=O) groups is 2. The molecule has 0 saturated heterocycles. The lowest BCUT2D eigenvalue weighted by molar-refractivity contribution is 0.0933. The van der Waals surface area contributed by atoms with Gasteiger partial charge in [0.05, 0.1) is 12.6 Å². The van der Waals surface area contributed by atoms with E-state index in [1.807, 2.05) is 24.4 Å². The van der Waals surface area contributed by atoms with Crippen LogP contribution < -0.4 is 16.1 Å². The zero-order valence-corrected chi connectivity index (χ0v) is 20.2. The van der Waals surface area contributed by atoms with E-state index in [4.69, 9.17) is 4.74 Å². The SMILES string of the molecule is CC[C@@H](NC(=O)c1cn(CCOC)cc(C(=O)NCc2cc(F)ccc2C)c1=O)c1cccs1. The highest BCUT2D eigenvalue weighted by Crippen LogP contribution is 2.22. The fourth-order valence-electron chi connectivity index (χ4n) is 3.48. The minimum absolute atomic E-state index is 0.0483. The molecule has 0 unspecified atom stereocenters. The average molecular weight is 486 g/mol. The first kappa shape index (κ1) is 25.3. The number of halogens is 1. The van der Waals surface area contributed by atoms with Crippen molar-refractivity contribution in [1.29, 1.82) is 0 Å². The van der Waals surface area contributed by atoms with Gasteiger partial charge in [0.1, 0.15) is 16.9 Å². The van der Waals surface area contributed by atoms with E-state index in [1.165, 1.54) is 43.0 Å². The van der Waals surface area contributed by atoms with Gasteiger partial charge >= 0.3 is 0 Å². The molecule has 0 saturated carbocycles. The van der Waals surface area contributed by atoms with Crippen molar-refractivity contribution < 1.29 is 18.7 Å². The van der Waals surface area contributed by atoms with Gasteiger partial charge in [-0.1, -0.05) is 19.1 Å². The van der Waals surface area contributed by atoms with Crippen molar-refractivity contribution in [3.8, 4) is 0 Å². The number of methoxy groups -OCH3 is 1. The van der Waals surface area contributed by atoms with Crippen molar-refractivity contribution in [3.05, 3.63) is 91.3 Å². The first-order chi connectivity index (χ1) is 16.3. The number of nitrogens with zero attached hydrogens (tertiary/aromatic N) is 1. The molecule has 0 aliphatic heterocycles. The van der Waals surface area contributed by atoms with Crippen molar-refractivity contribution in [2.45, 2.75) is 39.4 Å². The van der Waals surface area contributed by atoms with Crippen LogP contribution in [0.4, 0.5) is 4.39 Å². The Hall–Kier alpha value is -3.30. The second-order valence-corrected chi connectivity index (χ2v) is 8.83. The van der Waals surface area contributed by atoms with Crippen LogP contribution in [0.3, 0.4) is 0 Å². The van der Waals surface area contributed by atoms with Gasteiger partial charge in [-0.05, 0) is 48.1 Å². The maximum absolute atomic E-state index is 13.6. The van der Waals surface area contributed by atoms with Gasteiger partial charge in [-0.3, -0.25) is 14.4 Å². The number of amides is 2. The minimum Gasteiger partial charge on any atom is -0.383 e. The highest BCUT2D eigenvalue weighted by molar-refractivity contribution is 7.10. The molecule has 7 nitrogen and oxygen atoms in total. The zero-order valence-electron chi connectivity index (χ0n) is 19.4. The normalized spacial score (nSPS) is 11.8. The summed E-state index contributed by atoms with van der Waals surface area (Å²) in [5, 5.41) is 7.49. The Kier molecular flexibility index (Phi) is 8.72. The van der Waals surface area contributed by atoms with Crippen LogP contribution in [0, 0.1) is 12.7 Å². The van der Waals surface area contributed by atoms with E-state index >= 15 is 0 Å². The van der Waals surface area contributed by atoms with Crippen molar-refractivity contribution in [3.63, 3.8) is 0 Å². The lowest BCUT2D eigenvalue weighted by Gasteiger charge is -2.17. The molecule has 0 spiro atoms. The standard InChI is InChI=1S/C25H28FN3O4S/c1-4-21(22-6-5-11-34-22)28-25(32)20-15-29(9-10-33-3)14-19(23(20)30)24(31)27-13-17-12-18(26)8-7-16(17)2/h5-8,11-12,14-15,21H,4,9-10,13H2,1-3H3,(H,27,31)(H,28,32)/t21-/m1/s1. The van der Waals surface area contributed by atoms with Gasteiger partial charge in [-0.15, -0.1) is 11.3 Å². The summed E-state index contributed by atoms with van der Waals surface area (Å²) in [4.78, 5) is 40.1. The third-order valence-corrected chi connectivity index (χ3v) is 6.46. The van der Waals surface area contributed by atoms with Gasteiger partial charge in [0.15, 0.2) is 0 Å². The van der Waals surface area contributed by atoms with E-state index in [2.05, 4.69) is 10.6 Å². The highest BCUT2D eigenvalue weighted by atomic mass is 32.1. The maximum Gasteiger partial charge on any atom is 0.257 e. The number of ether oxygens (including phenoxy) is 1. The summed E-state index contributed by atoms with van der Waals surface area (Å²) in [6, 6.07) is 7.89. The summed E-state index contributed by atoms with van der Waals surface area (Å²) in [6.45, 7) is 4.48. The second-order valence-electron chi connectivity index (χ2n) is 7.85. The molecule has 2 amide bonds. The number of nitrogens with one attached hydrogen (secondary N) is 2. The number of hydrogen-bond donors (Lipinski definition) is 2. The van der Waals surface area contributed by atoms with E-state index < -0.39 is 23.1 Å². The first-order valence-corrected chi connectivity index (χ1v) is 11.8. The van der Waals surface area contributed by atoms with E-state index in [0.717, 1.165) is 10.4 Å². The summed E-state index contributed by atoms with van der Waals surface area (Å²) < 4.78 is 20.3. The molecule has 34 heavy (non-hydrogen) atoms. The fourth-order valence-corrected chi connectivity index (χ4v) is 4.34. The van der Waals surface area contributed by atoms with Crippen LogP contribution in [0.15, 0.2) is 52.9 Å². The summed E-state index contributed by atoms with van der Waals surface area (Å²) >= 11 is 1.52. The summed E-state index contributed by atoms with van der Waals surface area (Å²) in [6.07, 6.45) is 3.49. The van der Waals surface area contributed by atoms with Crippen LogP contribution in [-0.4, -0.2) is 30.1 Å². The number of hydrogen-bond acceptors (Lipinski definition) is 5. The lowest BCUT2D eigenvalue weighted by Crippen LogP contribution is -2.36. The summed E-state index contributed by atoms with van der Waals surface area (Å²) in [5.74, 6) is -1.60. The molecular weight excluding hydrogens is 457 g/mol. The first-order valence-electron chi connectivity index (χ1n) is 10.9. The van der Waals surface area contributed by atoms with Gasteiger partial charge in [-0.25, -0.2) is 4.39 Å². The molecule has 1 aromatic carbocycles. The fraction of sp³-hybridized carbons (Fsp3) is 0.320. The van der Waals surface area contributed by atoms with E-state index in [1.54, 1.807) is 17.6 Å². The predicted molar refractivity (Wildman–Crippen MR) is 130 cm³/mol. The average Bonchev–Trinajstić information content (AvgIpc) is 3.36. The molecule has 0 fully saturated rings. The van der Waals surface area contributed by atoms with Crippen molar-refractivity contribution in [2.24, 2.45) is 0 Å². The van der Waals surface area contributed by atoms with Gasteiger partial charge in [0, 0.05) is 37.5 Å². The number of carbonyl (C=O) groups excluding carboxylic acids is 2. The Balaban J connectivity index is 1.88. The van der Waals surface area contributed by atoms with Crippen LogP contribution in [-0.2, 0) is 17.8 Å². The van der Waals surface area contributed by atoms with Crippen molar-refractivity contribution >= 4 is 23.2 Å². The number of aryl methyl sites for hydroxylation is 1. The lowest BCUT2D eigenvalue weighted by atomic mass is 10.1. The maximum atomic E-state index is 13.6. The largest absolute Gasteiger partial charge is 0.383 e. The molecule has 9 heteroatoms. The van der Waals surface area contributed by atoms with E-state index in [9.17, 15) is 18.8 Å². The molecule has 3 rings (SSSR count). The zero-order chi connectivity index (χ0) is 24.7. The molecule has 0 aliphatic rings. The van der Waals surface area contributed by atoms with E-state index in [0.29, 0.717) is 25.1 Å². The van der Waals surface area contributed by atoms with Crippen molar-refractivity contribution in [2.75, 3.05) is 13.7 Å². The predicted octanol–water partition coefficient (Wildman–Crippen LogP) is 3.81. The summed E-state index contributed by atoms with van der Waals surface area (Å²) in [5.41, 5.74) is 0.457. The minimum atomic E-state index is -0.666. The smallest absolute Gasteiger partial charge is 0.257 e. The molecule has 2 heterocycles. The Morgan fingerprint density at radius 1 is 1.18 bits per heavy atom. The van der Waals surface area contributed by atoms with Crippen LogP contribution in [0.5, 0.6) is 0 Å². The molecule has 180 valence electrons. The highest BCUT2D eigenvalue weighted by Gasteiger charge is 2.22. The number of aromatic nitrogens is 1. The second kappa shape index (κ2) is 11.7. The number of benzene rings is 1. The van der Waals surface area contributed by atoms with Gasteiger partial charge in [0.25, 0.3) is 11.8 Å². The Bertz CT molecular complexity index is 1210. The molecule has 0 radical (unpaired) electrons. The van der Waals surface area contributed by atoms with Gasteiger partial charge in [-0.2, -0.15) is 0 Å². The van der Waals surface area contributed by atoms with Crippen molar-refractivity contribution in [1.82, 2.24) is 15.2 Å². The number of thiophene rings is 1. The van der Waals surface area contributed by atoms with Crippen LogP contribution in [0.1, 0.15) is 56.1 Å². The van der Waals surface area contributed by atoms with Gasteiger partial charge < -0.3 is 19.9 Å². The quantitative estimate of drug-likeness (QED) is 0.457. The Morgan fingerprint density at radius 2 is 1.91 bits per heavy atom. The van der Waals surface area contributed by atoms with Gasteiger partial charge in [0.2, 0.25) is 5.43 Å². The molecule has 0 bridgehead atoms. The topological polar surface area (TPSA) is 89.4 Å². The van der Waals surface area contributed by atoms with Crippen LogP contribution in [0.2, 0.25) is 0 Å². The molecule has 2 N–H and O–H groups in total. The molecule has 2 aromatic heterocycles. The Labute approximate surface area is 201 Å². The molecule has 0 aliphatic carbocycles. The summed E-state index contributed by atoms with van der Waals surface area (Å²) in [7, 11) is 1.54. The number of rotatable bonds is 10. The molecule has 1 atom stereocenters. The molecular formula is C25H28FN3O4S. The molecule has 3 aromatic rings. The van der Waals surface area contributed by atoms with Crippen LogP contribution in [0.25, 0.3) is 0 Å². The number of pyridine rings is 1. The third-order valence-electron chi connectivity index (χ3n) is 5.47. The van der Waals surface area contributed by atoms with Crippen LogP contribution >= 0.6 is 11.3 Å². The van der Waals surface area contributed by atoms with E-state index in [-0.39, 0.29) is 23.7 Å². The third kappa shape index (κ3) is 6.18.